The molecule has 0 radical (unpaired) electrons. The summed E-state index contributed by atoms with van der Waals surface area (Å²) in [6, 6.07) is 10.7. The molecular formula is C12H9ClF2. The van der Waals surface area contributed by atoms with Crippen molar-refractivity contribution in [2.75, 3.05) is 0 Å². The molecule has 2 aromatic carbocycles. The standard InChI is InChI=1S/C12H9ClF2/c13-7-10-5-8-3-1-2-4-9(8)6-11(10)12(14)15/h1-6,12H,7H2. The van der Waals surface area contributed by atoms with Crippen molar-refractivity contribution in [2.24, 2.45) is 0 Å². The Bertz CT molecular complexity index is 480. The summed E-state index contributed by atoms with van der Waals surface area (Å²) >= 11 is 5.64. The topological polar surface area (TPSA) is 0 Å². The predicted octanol–water partition coefficient (Wildman–Crippen LogP) is 4.52. The molecule has 2 rings (SSSR count). The summed E-state index contributed by atoms with van der Waals surface area (Å²) in [7, 11) is 0. The van der Waals surface area contributed by atoms with Gasteiger partial charge in [-0.2, -0.15) is 0 Å². The van der Waals surface area contributed by atoms with Crippen molar-refractivity contribution in [2.45, 2.75) is 12.3 Å². The number of fused-ring (bicyclic) bond motifs is 1. The van der Waals surface area contributed by atoms with Gasteiger partial charge in [0.1, 0.15) is 0 Å². The fourth-order valence-corrected chi connectivity index (χ4v) is 1.86. The van der Waals surface area contributed by atoms with Crippen LogP contribution in [0.4, 0.5) is 8.78 Å². The van der Waals surface area contributed by atoms with Crippen LogP contribution in [0.25, 0.3) is 10.8 Å². The number of hydrogen-bond acceptors (Lipinski definition) is 0. The normalized spacial score (nSPS) is 11.2. The molecule has 0 heterocycles. The van der Waals surface area contributed by atoms with Crippen LogP contribution >= 0.6 is 11.6 Å². The van der Waals surface area contributed by atoms with Gasteiger partial charge in [-0.3, -0.25) is 0 Å². The monoisotopic (exact) mass is 226 g/mol. The highest BCUT2D eigenvalue weighted by Gasteiger charge is 2.13. The first-order chi connectivity index (χ1) is 7.22. The summed E-state index contributed by atoms with van der Waals surface area (Å²) < 4.78 is 25.4. The Kier molecular flexibility index (Phi) is 2.87. The van der Waals surface area contributed by atoms with Crippen molar-refractivity contribution < 1.29 is 8.78 Å². The van der Waals surface area contributed by atoms with Crippen molar-refractivity contribution >= 4 is 22.4 Å². The molecule has 0 atom stereocenters. The van der Waals surface area contributed by atoms with Gasteiger partial charge in [-0.1, -0.05) is 24.3 Å². The predicted molar refractivity (Wildman–Crippen MR) is 58.5 cm³/mol. The van der Waals surface area contributed by atoms with Crippen molar-refractivity contribution in [1.82, 2.24) is 0 Å². The second kappa shape index (κ2) is 4.15. The maximum Gasteiger partial charge on any atom is 0.264 e. The van der Waals surface area contributed by atoms with E-state index in [-0.39, 0.29) is 11.4 Å². The Morgan fingerprint density at radius 2 is 1.67 bits per heavy atom. The molecule has 0 spiro atoms. The summed E-state index contributed by atoms with van der Waals surface area (Å²) in [4.78, 5) is 0. The van der Waals surface area contributed by atoms with E-state index in [1.807, 2.05) is 24.3 Å². The highest BCUT2D eigenvalue weighted by molar-refractivity contribution is 6.17. The zero-order chi connectivity index (χ0) is 10.8. The van der Waals surface area contributed by atoms with Crippen LogP contribution < -0.4 is 0 Å². The van der Waals surface area contributed by atoms with Crippen LogP contribution in [-0.4, -0.2) is 0 Å². The minimum atomic E-state index is -2.47. The molecule has 0 amide bonds. The fourth-order valence-electron chi connectivity index (χ4n) is 1.62. The minimum absolute atomic E-state index is 0.0312. The lowest BCUT2D eigenvalue weighted by Crippen LogP contribution is -1.92. The SMILES string of the molecule is FC(F)c1cc2ccccc2cc1CCl. The first-order valence-corrected chi connectivity index (χ1v) is 5.11. The quantitative estimate of drug-likeness (QED) is 0.661. The third-order valence-corrected chi connectivity index (χ3v) is 2.67. The molecule has 0 aliphatic rings. The highest BCUT2D eigenvalue weighted by Crippen LogP contribution is 2.28. The second-order valence-electron chi connectivity index (χ2n) is 3.33. The lowest BCUT2D eigenvalue weighted by atomic mass is 10.0. The molecule has 0 aromatic heterocycles. The summed E-state index contributed by atoms with van der Waals surface area (Å²) in [5.41, 5.74) is 0.536. The zero-order valence-electron chi connectivity index (χ0n) is 7.88. The van der Waals surface area contributed by atoms with E-state index in [4.69, 9.17) is 11.6 Å². The molecule has 0 unspecified atom stereocenters. The van der Waals surface area contributed by atoms with Gasteiger partial charge in [-0.05, 0) is 28.5 Å². The van der Waals surface area contributed by atoms with Crippen LogP contribution in [0, 0.1) is 0 Å². The minimum Gasteiger partial charge on any atom is -0.205 e. The van der Waals surface area contributed by atoms with Gasteiger partial charge < -0.3 is 0 Å². The van der Waals surface area contributed by atoms with E-state index in [1.54, 1.807) is 6.07 Å². The van der Waals surface area contributed by atoms with Gasteiger partial charge in [-0.15, -0.1) is 11.6 Å². The molecule has 0 saturated carbocycles. The Balaban J connectivity index is 2.69. The maximum absolute atomic E-state index is 12.7. The third kappa shape index (κ3) is 1.95. The van der Waals surface area contributed by atoms with Gasteiger partial charge in [0, 0.05) is 11.4 Å². The van der Waals surface area contributed by atoms with Crippen LogP contribution in [0.1, 0.15) is 17.6 Å². The second-order valence-corrected chi connectivity index (χ2v) is 3.60. The van der Waals surface area contributed by atoms with Gasteiger partial charge in [0.15, 0.2) is 0 Å². The van der Waals surface area contributed by atoms with Crippen LogP contribution in [0.5, 0.6) is 0 Å². The Morgan fingerprint density at radius 3 is 2.20 bits per heavy atom. The largest absolute Gasteiger partial charge is 0.264 e. The Morgan fingerprint density at radius 1 is 1.07 bits per heavy atom. The molecule has 3 heteroatoms. The van der Waals surface area contributed by atoms with Gasteiger partial charge >= 0.3 is 0 Å². The average Bonchev–Trinajstić information content (AvgIpc) is 2.27. The van der Waals surface area contributed by atoms with E-state index in [0.717, 1.165) is 10.8 Å². The van der Waals surface area contributed by atoms with E-state index in [0.29, 0.717) is 5.56 Å². The van der Waals surface area contributed by atoms with Crippen LogP contribution in [0.15, 0.2) is 36.4 Å². The molecule has 0 nitrogen and oxygen atoms in total. The van der Waals surface area contributed by atoms with Crippen LogP contribution in [-0.2, 0) is 5.88 Å². The third-order valence-electron chi connectivity index (χ3n) is 2.39. The first kappa shape index (κ1) is 10.4. The number of hydrogen-bond donors (Lipinski definition) is 0. The molecule has 15 heavy (non-hydrogen) atoms. The van der Waals surface area contributed by atoms with E-state index < -0.39 is 6.43 Å². The lowest BCUT2D eigenvalue weighted by Gasteiger charge is -2.08. The van der Waals surface area contributed by atoms with Gasteiger partial charge in [0.05, 0.1) is 0 Å². The lowest BCUT2D eigenvalue weighted by molar-refractivity contribution is 0.150. The molecule has 0 bridgehead atoms. The molecule has 0 saturated heterocycles. The van der Waals surface area contributed by atoms with Crippen molar-refractivity contribution in [3.8, 4) is 0 Å². The summed E-state index contributed by atoms with van der Waals surface area (Å²) in [5, 5.41) is 1.76. The van der Waals surface area contributed by atoms with E-state index in [9.17, 15) is 8.78 Å². The van der Waals surface area contributed by atoms with Gasteiger partial charge in [0.25, 0.3) is 6.43 Å². The molecular weight excluding hydrogens is 218 g/mol. The van der Waals surface area contributed by atoms with E-state index in [1.165, 1.54) is 6.07 Å². The summed E-state index contributed by atoms with van der Waals surface area (Å²) in [6.45, 7) is 0. The molecule has 0 fully saturated rings. The molecule has 0 N–H and O–H groups in total. The van der Waals surface area contributed by atoms with Gasteiger partial charge in [0.2, 0.25) is 0 Å². The zero-order valence-corrected chi connectivity index (χ0v) is 8.64. The average molecular weight is 227 g/mol. The molecule has 2 aromatic rings. The smallest absolute Gasteiger partial charge is 0.205 e. The van der Waals surface area contributed by atoms with E-state index >= 15 is 0 Å². The summed E-state index contributed by atoms with van der Waals surface area (Å²) in [6.07, 6.45) is -2.47. The van der Waals surface area contributed by atoms with Gasteiger partial charge in [-0.25, -0.2) is 8.78 Å². The summed E-state index contributed by atoms with van der Waals surface area (Å²) in [5.74, 6) is 0.116. The number of alkyl halides is 3. The highest BCUT2D eigenvalue weighted by atomic mass is 35.5. The molecule has 78 valence electrons. The van der Waals surface area contributed by atoms with Crippen molar-refractivity contribution in [1.29, 1.82) is 0 Å². The maximum atomic E-state index is 12.7. The first-order valence-electron chi connectivity index (χ1n) is 4.58. The van der Waals surface area contributed by atoms with Crippen molar-refractivity contribution in [3.05, 3.63) is 47.5 Å². The van der Waals surface area contributed by atoms with Crippen LogP contribution in [0.2, 0.25) is 0 Å². The molecule has 0 aliphatic heterocycles. The Hall–Kier alpha value is -1.15. The van der Waals surface area contributed by atoms with Crippen molar-refractivity contribution in [3.63, 3.8) is 0 Å². The number of benzene rings is 2. The number of rotatable bonds is 2. The van der Waals surface area contributed by atoms with Crippen LogP contribution in [0.3, 0.4) is 0 Å². The van der Waals surface area contributed by atoms with E-state index in [2.05, 4.69) is 0 Å². The Labute approximate surface area is 91.5 Å². The fraction of sp³-hybridized carbons (Fsp3) is 0.167. The molecule has 0 aliphatic carbocycles. The number of halogens is 3.